The molecule has 0 bridgehead atoms. The molecule has 0 saturated carbocycles. The molecule has 0 N–H and O–H groups in total. The first kappa shape index (κ1) is 28.5. The van der Waals surface area contributed by atoms with Crippen molar-refractivity contribution in [3.05, 3.63) is 136 Å². The highest BCUT2D eigenvalue weighted by Gasteiger charge is 2.31. The molecule has 0 fully saturated rings. The third kappa shape index (κ3) is 6.63. The number of carbonyl (C=O) groups excluding carboxylic acids is 2. The number of rotatable bonds is 9. The molecule has 0 unspecified atom stereocenters. The van der Waals surface area contributed by atoms with Crippen LogP contribution in [0.1, 0.15) is 33.6 Å². The number of Topliss-reactive ketones (excluding diaryl/α,β-unsaturated/α-hetero) is 1. The number of aromatic nitrogens is 2. The van der Waals surface area contributed by atoms with Crippen LogP contribution >= 0.6 is 0 Å². The van der Waals surface area contributed by atoms with Crippen LogP contribution in [0, 0.1) is 0 Å². The number of alkyl halides is 3. The fourth-order valence-corrected chi connectivity index (χ4v) is 4.56. The molecule has 1 aromatic heterocycles. The van der Waals surface area contributed by atoms with Crippen molar-refractivity contribution in [2.24, 2.45) is 0 Å². The predicted molar refractivity (Wildman–Crippen MR) is 152 cm³/mol. The number of ether oxygens (including phenoxy) is 1. The van der Waals surface area contributed by atoms with Gasteiger partial charge in [-0.3, -0.25) is 14.4 Å². The summed E-state index contributed by atoms with van der Waals surface area (Å²) >= 11 is 0. The summed E-state index contributed by atoms with van der Waals surface area (Å²) < 4.78 is 46.6. The second-order valence-corrected chi connectivity index (χ2v) is 9.66. The Bertz CT molecular complexity index is 1780. The summed E-state index contributed by atoms with van der Waals surface area (Å²) in [5, 5.41) is 0. The average Bonchev–Trinajstić information content (AvgIpc) is 3.00. The number of nitrogens with zero attached hydrogens (tertiary/aromatic N) is 2. The molecule has 42 heavy (non-hydrogen) atoms. The van der Waals surface area contributed by atoms with Crippen LogP contribution in [0.3, 0.4) is 0 Å². The van der Waals surface area contributed by atoms with Gasteiger partial charge in [-0.15, -0.1) is 0 Å². The van der Waals surface area contributed by atoms with Crippen molar-refractivity contribution in [3.63, 3.8) is 0 Å². The first-order chi connectivity index (χ1) is 20.2. The minimum atomic E-state index is -4.59. The molecule has 0 atom stereocenters. The van der Waals surface area contributed by atoms with Gasteiger partial charge in [0.2, 0.25) is 0 Å². The zero-order chi connectivity index (χ0) is 29.7. The molecule has 0 aliphatic heterocycles. The fraction of sp³-hybridized carbons (Fsp3) is 0.152. The predicted octanol–water partition coefficient (Wildman–Crippen LogP) is 6.49. The van der Waals surface area contributed by atoms with Gasteiger partial charge in [0.25, 0.3) is 5.56 Å². The van der Waals surface area contributed by atoms with Crippen LogP contribution in [-0.4, -0.2) is 27.9 Å². The van der Waals surface area contributed by atoms with Gasteiger partial charge in [0.05, 0.1) is 29.6 Å². The van der Waals surface area contributed by atoms with Gasteiger partial charge in [-0.25, -0.2) is 4.98 Å². The second kappa shape index (κ2) is 12.2. The normalized spacial score (nSPS) is 11.4. The summed E-state index contributed by atoms with van der Waals surface area (Å²) in [6.07, 6.45) is -5.04. The van der Waals surface area contributed by atoms with Gasteiger partial charge < -0.3 is 9.30 Å². The molecule has 6 nitrogen and oxygen atoms in total. The second-order valence-electron chi connectivity index (χ2n) is 9.66. The summed E-state index contributed by atoms with van der Waals surface area (Å²) in [5.41, 5.74) is 1.83. The molecule has 0 radical (unpaired) electrons. The van der Waals surface area contributed by atoms with Gasteiger partial charge in [0.15, 0.2) is 12.4 Å². The summed E-state index contributed by atoms with van der Waals surface area (Å²) in [6.45, 7) is -0.374. The first-order valence-electron chi connectivity index (χ1n) is 13.2. The largest absolute Gasteiger partial charge is 0.457 e. The van der Waals surface area contributed by atoms with Crippen LogP contribution in [0.25, 0.3) is 22.2 Å². The van der Waals surface area contributed by atoms with Crippen LogP contribution in [0.15, 0.2) is 108 Å². The van der Waals surface area contributed by atoms with Crippen LogP contribution < -0.4 is 5.56 Å². The maximum absolute atomic E-state index is 13.4. The fourth-order valence-electron chi connectivity index (χ4n) is 4.56. The molecular formula is C33H25F3N2O4. The lowest BCUT2D eigenvalue weighted by molar-refractivity contribution is -0.142. The number of ketones is 1. The van der Waals surface area contributed by atoms with E-state index in [1.54, 1.807) is 48.5 Å². The molecule has 9 heteroatoms. The maximum Gasteiger partial charge on any atom is 0.416 e. The smallest absolute Gasteiger partial charge is 0.416 e. The van der Waals surface area contributed by atoms with E-state index in [4.69, 9.17) is 4.74 Å². The van der Waals surface area contributed by atoms with Crippen LogP contribution in [0.2, 0.25) is 0 Å². The molecule has 4 aromatic carbocycles. The SMILES string of the molecule is O=C(CCc1nc2cc(C(F)(F)F)ccc2n(Cc2ccccc2)c1=O)OCC(=O)c1ccc(-c2ccccc2)cc1. The Morgan fingerprint density at radius 1 is 0.810 bits per heavy atom. The van der Waals surface area contributed by atoms with Crippen LogP contribution in [-0.2, 0) is 28.7 Å². The third-order valence-electron chi connectivity index (χ3n) is 6.77. The number of carbonyl (C=O) groups is 2. The van der Waals surface area contributed by atoms with Crippen molar-refractivity contribution in [1.82, 2.24) is 9.55 Å². The summed E-state index contributed by atoms with van der Waals surface area (Å²) in [6, 6.07) is 28.6. The van der Waals surface area contributed by atoms with Crippen LogP contribution in [0.4, 0.5) is 13.2 Å². The Kier molecular flexibility index (Phi) is 8.28. The molecule has 5 aromatic rings. The van der Waals surface area contributed by atoms with Gasteiger partial charge in [-0.2, -0.15) is 13.2 Å². The highest BCUT2D eigenvalue weighted by Crippen LogP contribution is 2.31. The monoisotopic (exact) mass is 570 g/mol. The zero-order valence-corrected chi connectivity index (χ0v) is 22.3. The van der Waals surface area contributed by atoms with E-state index in [0.717, 1.165) is 28.8 Å². The van der Waals surface area contributed by atoms with E-state index in [-0.39, 0.29) is 36.1 Å². The highest BCUT2D eigenvalue weighted by atomic mass is 19.4. The van der Waals surface area contributed by atoms with Gasteiger partial charge in [0.1, 0.15) is 5.69 Å². The minimum Gasteiger partial charge on any atom is -0.457 e. The van der Waals surface area contributed by atoms with E-state index in [2.05, 4.69) is 4.98 Å². The summed E-state index contributed by atoms with van der Waals surface area (Å²) in [5.74, 6) is -1.12. The number of fused-ring (bicyclic) bond motifs is 1. The molecular weight excluding hydrogens is 545 g/mol. The van der Waals surface area contributed by atoms with Gasteiger partial charge >= 0.3 is 12.1 Å². The Labute approximate surface area is 239 Å². The van der Waals surface area contributed by atoms with E-state index in [1.807, 2.05) is 36.4 Å². The third-order valence-corrected chi connectivity index (χ3v) is 6.77. The standard InChI is InChI=1S/C33H25F3N2O4/c34-33(35,36)26-15-17-29-28(19-26)37-27(32(41)38(29)20-22-7-3-1-4-8-22)16-18-31(40)42-21-30(39)25-13-11-24(12-14-25)23-9-5-2-6-10-23/h1-15,17,19H,16,18,20-21H2. The Morgan fingerprint density at radius 3 is 2.12 bits per heavy atom. The first-order valence-corrected chi connectivity index (χ1v) is 13.2. The molecule has 5 rings (SSSR count). The van der Waals surface area contributed by atoms with Gasteiger partial charge in [0, 0.05) is 12.0 Å². The minimum absolute atomic E-state index is 0.0159. The number of esters is 1. The molecule has 0 amide bonds. The lowest BCUT2D eigenvalue weighted by Gasteiger charge is -2.14. The van der Waals surface area contributed by atoms with Gasteiger partial charge in [-0.05, 0) is 34.9 Å². The van der Waals surface area contributed by atoms with E-state index < -0.39 is 35.7 Å². The topological polar surface area (TPSA) is 78.3 Å². The van der Waals surface area contributed by atoms with Crippen molar-refractivity contribution in [2.45, 2.75) is 25.6 Å². The zero-order valence-electron chi connectivity index (χ0n) is 22.3. The number of halogens is 3. The van der Waals surface area contributed by atoms with Crippen molar-refractivity contribution in [3.8, 4) is 11.1 Å². The molecule has 212 valence electrons. The number of hydrogen-bond acceptors (Lipinski definition) is 5. The molecule has 0 aliphatic carbocycles. The van der Waals surface area contributed by atoms with Crippen molar-refractivity contribution < 1.29 is 27.5 Å². The Morgan fingerprint density at radius 2 is 1.45 bits per heavy atom. The van der Waals surface area contributed by atoms with E-state index in [1.165, 1.54) is 10.6 Å². The number of aryl methyl sites for hydroxylation is 1. The maximum atomic E-state index is 13.4. The Hall–Kier alpha value is -5.05. The van der Waals surface area contributed by atoms with Crippen LogP contribution in [0.5, 0.6) is 0 Å². The van der Waals surface area contributed by atoms with Crippen molar-refractivity contribution >= 4 is 22.8 Å². The molecule has 0 spiro atoms. The summed E-state index contributed by atoms with van der Waals surface area (Å²) in [4.78, 5) is 42.6. The Balaban J connectivity index is 1.29. The molecule has 0 aliphatic rings. The van der Waals surface area contributed by atoms with E-state index in [0.29, 0.717) is 5.56 Å². The van der Waals surface area contributed by atoms with Crippen molar-refractivity contribution in [1.29, 1.82) is 0 Å². The van der Waals surface area contributed by atoms with E-state index >= 15 is 0 Å². The molecule has 1 heterocycles. The number of hydrogen-bond donors (Lipinski definition) is 0. The summed E-state index contributed by atoms with van der Waals surface area (Å²) in [7, 11) is 0. The van der Waals surface area contributed by atoms with Gasteiger partial charge in [-0.1, -0.05) is 84.9 Å². The highest BCUT2D eigenvalue weighted by molar-refractivity contribution is 5.98. The van der Waals surface area contributed by atoms with Crippen molar-refractivity contribution in [2.75, 3.05) is 6.61 Å². The van der Waals surface area contributed by atoms with E-state index in [9.17, 15) is 27.6 Å². The quantitative estimate of drug-likeness (QED) is 0.150. The average molecular weight is 571 g/mol. The molecule has 0 saturated heterocycles. The number of benzene rings is 4. The lowest BCUT2D eigenvalue weighted by Crippen LogP contribution is -2.27. The lowest BCUT2D eigenvalue weighted by atomic mass is 10.0.